The minimum atomic E-state index is -1.04. The molecule has 0 bridgehead atoms. The predicted octanol–water partition coefficient (Wildman–Crippen LogP) is 2.54. The number of nitrogens with zero attached hydrogens (tertiary/aromatic N) is 3. The van der Waals surface area contributed by atoms with Crippen LogP contribution in [-0.2, 0) is 9.53 Å². The van der Waals surface area contributed by atoms with Crippen molar-refractivity contribution in [2.24, 2.45) is 0 Å². The smallest absolute Gasteiger partial charge is 0.323 e. The van der Waals surface area contributed by atoms with Crippen LogP contribution in [0.25, 0.3) is 5.69 Å². The summed E-state index contributed by atoms with van der Waals surface area (Å²) in [6, 6.07) is 7.01. The molecular weight excluding hydrogens is 358 g/mol. The van der Waals surface area contributed by atoms with Gasteiger partial charge in [0.25, 0.3) is 5.91 Å². The third-order valence-corrected chi connectivity index (χ3v) is 4.73. The maximum absolute atomic E-state index is 13.1. The lowest BCUT2D eigenvalue weighted by atomic mass is 10.1. The van der Waals surface area contributed by atoms with E-state index in [1.54, 1.807) is 29.8 Å². The number of ether oxygens (including phenoxy) is 1. The number of carbonyl (C=O) groups excluding carboxylic acids is 1. The van der Waals surface area contributed by atoms with Crippen LogP contribution in [0.1, 0.15) is 28.9 Å². The van der Waals surface area contributed by atoms with Crippen molar-refractivity contribution >= 4 is 23.5 Å². The van der Waals surface area contributed by atoms with Gasteiger partial charge in [-0.25, -0.2) is 4.68 Å². The first-order valence-electron chi connectivity index (χ1n) is 8.38. The zero-order valence-corrected chi connectivity index (χ0v) is 15.1. The molecule has 2 heterocycles. The first-order chi connectivity index (χ1) is 12.5. The fraction of sp³-hybridized carbons (Fsp3) is 0.389. The molecule has 0 spiro atoms. The Labute approximate surface area is 156 Å². The van der Waals surface area contributed by atoms with Gasteiger partial charge in [-0.15, -0.1) is 0 Å². The molecule has 1 aliphatic heterocycles. The van der Waals surface area contributed by atoms with E-state index in [1.807, 2.05) is 6.07 Å². The van der Waals surface area contributed by atoms with Gasteiger partial charge in [0.1, 0.15) is 6.54 Å². The number of hydrogen-bond donors (Lipinski definition) is 1. The van der Waals surface area contributed by atoms with Crippen molar-refractivity contribution in [3.05, 3.63) is 46.7 Å². The Morgan fingerprint density at radius 1 is 1.38 bits per heavy atom. The summed E-state index contributed by atoms with van der Waals surface area (Å²) in [5.74, 6) is -1.37. The van der Waals surface area contributed by atoms with E-state index in [0.29, 0.717) is 42.3 Å². The molecule has 26 heavy (non-hydrogen) atoms. The number of carboxylic acids is 1. The van der Waals surface area contributed by atoms with Crippen LogP contribution in [0, 0.1) is 6.92 Å². The molecule has 0 atom stereocenters. The van der Waals surface area contributed by atoms with Crippen molar-refractivity contribution in [3.8, 4) is 5.69 Å². The monoisotopic (exact) mass is 377 g/mol. The molecule has 7 nitrogen and oxygen atoms in total. The fourth-order valence-corrected chi connectivity index (χ4v) is 3.34. The molecule has 2 aromatic rings. The number of rotatable bonds is 5. The van der Waals surface area contributed by atoms with Gasteiger partial charge >= 0.3 is 5.97 Å². The highest BCUT2D eigenvalue weighted by molar-refractivity contribution is 6.30. The molecule has 0 saturated carbocycles. The van der Waals surface area contributed by atoms with E-state index in [2.05, 4.69) is 5.10 Å². The van der Waals surface area contributed by atoms with Gasteiger partial charge in [0, 0.05) is 24.3 Å². The topological polar surface area (TPSA) is 84.7 Å². The first-order valence-corrected chi connectivity index (χ1v) is 8.76. The summed E-state index contributed by atoms with van der Waals surface area (Å²) in [4.78, 5) is 25.7. The SMILES string of the molecule is Cc1c(C(=O)N(CC(=O)O)C2CCOCC2)cnn1-c1cccc(Cl)c1. The highest BCUT2D eigenvalue weighted by Gasteiger charge is 2.30. The summed E-state index contributed by atoms with van der Waals surface area (Å²) in [6.45, 7) is 2.49. The van der Waals surface area contributed by atoms with Crippen LogP contribution < -0.4 is 0 Å². The largest absolute Gasteiger partial charge is 0.480 e. The minimum Gasteiger partial charge on any atom is -0.480 e. The summed E-state index contributed by atoms with van der Waals surface area (Å²) in [7, 11) is 0. The molecule has 1 N–H and O–H groups in total. The zero-order chi connectivity index (χ0) is 18.7. The van der Waals surface area contributed by atoms with Gasteiger partial charge < -0.3 is 14.7 Å². The molecule has 1 saturated heterocycles. The molecule has 0 aliphatic carbocycles. The van der Waals surface area contributed by atoms with Crippen LogP contribution in [0.4, 0.5) is 0 Å². The van der Waals surface area contributed by atoms with Crippen molar-refractivity contribution in [1.29, 1.82) is 0 Å². The molecular formula is C18H20ClN3O4. The third kappa shape index (κ3) is 3.89. The number of aliphatic carboxylic acids is 1. The standard InChI is InChI=1S/C18H20ClN3O4/c1-12-16(10-20-22(12)15-4-2-3-13(19)9-15)18(25)21(11-17(23)24)14-5-7-26-8-6-14/h2-4,9-10,14H,5-8,11H2,1H3,(H,23,24). The maximum atomic E-state index is 13.1. The van der Waals surface area contributed by atoms with Crippen molar-refractivity contribution < 1.29 is 19.4 Å². The molecule has 1 fully saturated rings. The molecule has 1 aromatic heterocycles. The Morgan fingerprint density at radius 2 is 2.12 bits per heavy atom. The van der Waals surface area contributed by atoms with E-state index >= 15 is 0 Å². The van der Waals surface area contributed by atoms with Crippen molar-refractivity contribution in [2.45, 2.75) is 25.8 Å². The number of amides is 1. The van der Waals surface area contributed by atoms with Crippen molar-refractivity contribution in [1.82, 2.24) is 14.7 Å². The van der Waals surface area contributed by atoms with Gasteiger partial charge in [-0.3, -0.25) is 9.59 Å². The summed E-state index contributed by atoms with van der Waals surface area (Å²) in [5, 5.41) is 14.1. The van der Waals surface area contributed by atoms with Crippen LogP contribution in [0.5, 0.6) is 0 Å². The number of benzene rings is 1. The molecule has 0 unspecified atom stereocenters. The van der Waals surface area contributed by atoms with Crippen LogP contribution in [0.2, 0.25) is 5.02 Å². The van der Waals surface area contributed by atoms with Gasteiger partial charge in [-0.2, -0.15) is 5.10 Å². The van der Waals surface area contributed by atoms with Crippen molar-refractivity contribution in [2.75, 3.05) is 19.8 Å². The summed E-state index contributed by atoms with van der Waals surface area (Å²) in [5.41, 5.74) is 1.77. The van der Waals surface area contributed by atoms with E-state index in [9.17, 15) is 14.7 Å². The third-order valence-electron chi connectivity index (χ3n) is 4.49. The predicted molar refractivity (Wildman–Crippen MR) is 95.8 cm³/mol. The second-order valence-electron chi connectivity index (χ2n) is 6.21. The van der Waals surface area contributed by atoms with Crippen LogP contribution in [0.15, 0.2) is 30.5 Å². The highest BCUT2D eigenvalue weighted by Crippen LogP contribution is 2.22. The number of aromatic nitrogens is 2. The Morgan fingerprint density at radius 3 is 2.77 bits per heavy atom. The van der Waals surface area contributed by atoms with Gasteiger partial charge in [0.15, 0.2) is 0 Å². The highest BCUT2D eigenvalue weighted by atomic mass is 35.5. The van der Waals surface area contributed by atoms with Gasteiger partial charge in [0.05, 0.1) is 23.1 Å². The quantitative estimate of drug-likeness (QED) is 0.865. The molecule has 3 rings (SSSR count). The number of carbonyl (C=O) groups is 2. The summed E-state index contributed by atoms with van der Waals surface area (Å²) in [6.07, 6.45) is 2.73. The number of halogens is 1. The van der Waals surface area contributed by atoms with E-state index in [0.717, 1.165) is 5.69 Å². The van der Waals surface area contributed by atoms with Crippen LogP contribution >= 0.6 is 11.6 Å². The fourth-order valence-electron chi connectivity index (χ4n) is 3.15. The lowest BCUT2D eigenvalue weighted by molar-refractivity contribution is -0.138. The van der Waals surface area contributed by atoms with Gasteiger partial charge in [-0.05, 0) is 38.0 Å². The first kappa shape index (κ1) is 18.4. The zero-order valence-electron chi connectivity index (χ0n) is 14.4. The summed E-state index contributed by atoms with van der Waals surface area (Å²) >= 11 is 6.03. The summed E-state index contributed by atoms with van der Waals surface area (Å²) < 4.78 is 6.95. The number of carboxylic acid groups (broad SMARTS) is 1. The second kappa shape index (κ2) is 7.88. The van der Waals surface area contributed by atoms with Gasteiger partial charge in [-0.1, -0.05) is 17.7 Å². The Balaban J connectivity index is 1.90. The molecule has 0 radical (unpaired) electrons. The molecule has 1 aromatic carbocycles. The average Bonchev–Trinajstić information content (AvgIpc) is 3.01. The van der Waals surface area contributed by atoms with Crippen LogP contribution in [0.3, 0.4) is 0 Å². The Bertz CT molecular complexity index is 815. The van der Waals surface area contributed by atoms with Gasteiger partial charge in [0.2, 0.25) is 0 Å². The normalized spacial score (nSPS) is 15.0. The Hall–Kier alpha value is -2.38. The number of hydrogen-bond acceptors (Lipinski definition) is 4. The molecule has 1 aliphatic rings. The second-order valence-corrected chi connectivity index (χ2v) is 6.64. The van der Waals surface area contributed by atoms with E-state index in [-0.39, 0.29) is 18.5 Å². The molecule has 138 valence electrons. The average molecular weight is 378 g/mol. The maximum Gasteiger partial charge on any atom is 0.323 e. The van der Waals surface area contributed by atoms with E-state index < -0.39 is 5.97 Å². The van der Waals surface area contributed by atoms with E-state index in [4.69, 9.17) is 16.3 Å². The molecule has 1 amide bonds. The van der Waals surface area contributed by atoms with E-state index in [1.165, 1.54) is 11.1 Å². The van der Waals surface area contributed by atoms with Crippen molar-refractivity contribution in [3.63, 3.8) is 0 Å². The lowest BCUT2D eigenvalue weighted by Crippen LogP contribution is -2.46. The van der Waals surface area contributed by atoms with Crippen LogP contribution in [-0.4, -0.2) is 57.5 Å². The minimum absolute atomic E-state index is 0.152. The lowest BCUT2D eigenvalue weighted by Gasteiger charge is -2.33. The Kier molecular flexibility index (Phi) is 5.58. The molecule has 8 heteroatoms.